The molecule has 0 unspecified atom stereocenters. The number of nitrogens with one attached hydrogen (secondary N) is 1. The van der Waals surface area contributed by atoms with E-state index in [0.717, 1.165) is 36.9 Å². The van der Waals surface area contributed by atoms with Crippen LogP contribution in [0.2, 0.25) is 0 Å². The van der Waals surface area contributed by atoms with Gasteiger partial charge < -0.3 is 11.1 Å². The van der Waals surface area contributed by atoms with E-state index in [9.17, 15) is 5.26 Å². The number of nitrogens with two attached hydrogens (primary N) is 1. The van der Waals surface area contributed by atoms with Crippen LogP contribution in [0.3, 0.4) is 0 Å². The van der Waals surface area contributed by atoms with E-state index in [0.29, 0.717) is 17.9 Å². The molecule has 0 aliphatic heterocycles. The maximum absolute atomic E-state index is 9.48. The normalized spacial score (nSPS) is 11.2. The van der Waals surface area contributed by atoms with Crippen molar-refractivity contribution < 1.29 is 0 Å². The summed E-state index contributed by atoms with van der Waals surface area (Å²) in [5, 5.41) is 21.3. The summed E-state index contributed by atoms with van der Waals surface area (Å²) in [6, 6.07) is 2.28. The van der Waals surface area contributed by atoms with Crippen molar-refractivity contribution in [2.45, 2.75) is 58.9 Å². The van der Waals surface area contributed by atoms with E-state index >= 15 is 0 Å². The number of hydrogen-bond donors (Lipinski definition) is 2. The molecule has 0 aliphatic carbocycles. The third-order valence-corrected chi connectivity index (χ3v) is 4.09. The lowest BCUT2D eigenvalue weighted by Crippen LogP contribution is -2.45. The fraction of sp³-hybridized carbons (Fsp3) is 0.667. The van der Waals surface area contributed by atoms with Gasteiger partial charge in [-0.1, -0.05) is 27.7 Å². The molecule has 1 rings (SSSR count). The zero-order valence-electron chi connectivity index (χ0n) is 13.0. The molecule has 1 heterocycles. The zero-order chi connectivity index (χ0) is 15.2. The molecule has 0 radical (unpaired) electrons. The Kier molecular flexibility index (Phi) is 5.90. The van der Waals surface area contributed by atoms with Gasteiger partial charge in [-0.05, 0) is 31.2 Å². The van der Waals surface area contributed by atoms with Gasteiger partial charge in [-0.3, -0.25) is 0 Å². The van der Waals surface area contributed by atoms with Crippen LogP contribution < -0.4 is 11.1 Å². The highest BCUT2D eigenvalue weighted by molar-refractivity contribution is 5.57. The predicted molar refractivity (Wildman–Crippen MR) is 81.5 cm³/mol. The molecule has 0 fully saturated rings. The fourth-order valence-electron chi connectivity index (χ4n) is 2.40. The van der Waals surface area contributed by atoms with Gasteiger partial charge in [0, 0.05) is 6.54 Å². The Hall–Kier alpha value is -1.67. The molecule has 0 aliphatic rings. The second-order valence-corrected chi connectivity index (χ2v) is 4.98. The first-order valence-electron chi connectivity index (χ1n) is 7.38. The van der Waals surface area contributed by atoms with E-state index in [1.165, 1.54) is 0 Å². The van der Waals surface area contributed by atoms with E-state index in [4.69, 9.17) is 5.73 Å². The van der Waals surface area contributed by atoms with Crippen LogP contribution >= 0.6 is 0 Å². The highest BCUT2D eigenvalue weighted by Crippen LogP contribution is 2.25. The van der Waals surface area contributed by atoms with Crippen LogP contribution in [0, 0.1) is 11.3 Å². The quantitative estimate of drug-likeness (QED) is 0.797. The molecule has 1 aromatic heterocycles. The lowest BCUT2D eigenvalue weighted by atomic mass is 9.92. The van der Waals surface area contributed by atoms with Crippen LogP contribution in [0.15, 0.2) is 0 Å². The minimum absolute atomic E-state index is 0.223. The first-order valence-corrected chi connectivity index (χ1v) is 7.38. The van der Waals surface area contributed by atoms with Gasteiger partial charge in [0.05, 0.1) is 11.2 Å². The van der Waals surface area contributed by atoms with Gasteiger partial charge in [0.1, 0.15) is 11.6 Å². The summed E-state index contributed by atoms with van der Waals surface area (Å²) >= 11 is 0. The molecule has 0 bridgehead atoms. The fourth-order valence-corrected chi connectivity index (χ4v) is 2.40. The van der Waals surface area contributed by atoms with Gasteiger partial charge in [0.2, 0.25) is 0 Å². The van der Waals surface area contributed by atoms with Crippen LogP contribution in [-0.4, -0.2) is 22.3 Å². The predicted octanol–water partition coefficient (Wildman–Crippen LogP) is 2.40. The summed E-state index contributed by atoms with van der Waals surface area (Å²) < 4.78 is 0. The van der Waals surface area contributed by atoms with Gasteiger partial charge in [-0.25, -0.2) is 0 Å². The molecule has 0 atom stereocenters. The molecular weight excluding hydrogens is 250 g/mol. The van der Waals surface area contributed by atoms with E-state index < -0.39 is 0 Å². The molecule has 1 aromatic rings. The first kappa shape index (κ1) is 16.4. The van der Waals surface area contributed by atoms with Crippen molar-refractivity contribution in [2.24, 2.45) is 5.73 Å². The summed E-state index contributed by atoms with van der Waals surface area (Å²) in [6.07, 6.45) is 3.33. The Morgan fingerprint density at radius 1 is 1.15 bits per heavy atom. The molecule has 0 amide bonds. The second-order valence-electron chi connectivity index (χ2n) is 4.98. The maximum atomic E-state index is 9.48. The van der Waals surface area contributed by atoms with E-state index in [-0.39, 0.29) is 5.54 Å². The van der Waals surface area contributed by atoms with E-state index in [2.05, 4.69) is 35.4 Å². The van der Waals surface area contributed by atoms with Gasteiger partial charge in [-0.2, -0.15) is 10.4 Å². The largest absolute Gasteiger partial charge is 0.361 e. The Morgan fingerprint density at radius 3 is 2.20 bits per heavy atom. The van der Waals surface area contributed by atoms with Crippen LogP contribution in [0.5, 0.6) is 0 Å². The lowest BCUT2D eigenvalue weighted by molar-refractivity contribution is 0.443. The molecule has 0 aromatic carbocycles. The Morgan fingerprint density at radius 2 is 1.80 bits per heavy atom. The van der Waals surface area contributed by atoms with Crippen molar-refractivity contribution in [3.63, 3.8) is 0 Å². The summed E-state index contributed by atoms with van der Waals surface area (Å²) in [5.74, 6) is 0.565. The maximum Gasteiger partial charge on any atom is 0.167 e. The molecular formula is C15H25N5. The summed E-state index contributed by atoms with van der Waals surface area (Å²) in [7, 11) is 0. The average Bonchev–Trinajstić information content (AvgIpc) is 2.51. The molecule has 0 spiro atoms. The number of hydrogen-bond acceptors (Lipinski definition) is 5. The van der Waals surface area contributed by atoms with Gasteiger partial charge in [0.15, 0.2) is 5.82 Å². The summed E-state index contributed by atoms with van der Waals surface area (Å²) in [4.78, 5) is 0. The molecule has 3 N–H and O–H groups in total. The molecule has 0 saturated heterocycles. The number of nitrogens with zero attached hydrogens (tertiary/aromatic N) is 3. The van der Waals surface area contributed by atoms with Gasteiger partial charge in [-0.15, -0.1) is 5.10 Å². The number of nitriles is 1. The zero-order valence-corrected chi connectivity index (χ0v) is 13.0. The van der Waals surface area contributed by atoms with Crippen molar-refractivity contribution in [2.75, 3.05) is 11.9 Å². The third-order valence-electron chi connectivity index (χ3n) is 4.09. The number of aromatic nitrogens is 2. The average molecular weight is 275 g/mol. The molecule has 20 heavy (non-hydrogen) atoms. The standard InChI is InChI=1S/C15H25N5/c1-5-11-12(9-16)14(20-19-13(11)6-2)18-15(7-3,8-4)10-17/h5-8,10,17H2,1-4H3,(H,18,20). The Labute approximate surface area is 121 Å². The summed E-state index contributed by atoms with van der Waals surface area (Å²) in [6.45, 7) is 8.74. The monoisotopic (exact) mass is 275 g/mol. The molecule has 5 heteroatoms. The Bertz CT molecular complexity index is 478. The smallest absolute Gasteiger partial charge is 0.167 e. The topological polar surface area (TPSA) is 87.6 Å². The van der Waals surface area contributed by atoms with Crippen LogP contribution in [0.4, 0.5) is 5.82 Å². The summed E-state index contributed by atoms with van der Waals surface area (Å²) in [5.41, 5.74) is 8.18. The van der Waals surface area contributed by atoms with Crippen LogP contribution in [0.1, 0.15) is 57.4 Å². The van der Waals surface area contributed by atoms with Crippen molar-refractivity contribution in [1.29, 1.82) is 5.26 Å². The Balaban J connectivity index is 3.29. The van der Waals surface area contributed by atoms with E-state index in [1.807, 2.05) is 13.8 Å². The highest BCUT2D eigenvalue weighted by Gasteiger charge is 2.27. The van der Waals surface area contributed by atoms with Crippen molar-refractivity contribution in [3.8, 4) is 6.07 Å². The third kappa shape index (κ3) is 3.07. The first-order chi connectivity index (χ1) is 9.61. The van der Waals surface area contributed by atoms with Crippen LogP contribution in [0.25, 0.3) is 0 Å². The molecule has 5 nitrogen and oxygen atoms in total. The van der Waals surface area contributed by atoms with E-state index in [1.54, 1.807) is 0 Å². The highest BCUT2D eigenvalue weighted by atomic mass is 15.2. The number of anilines is 1. The number of rotatable bonds is 7. The van der Waals surface area contributed by atoms with Gasteiger partial charge >= 0.3 is 0 Å². The van der Waals surface area contributed by atoms with Crippen molar-refractivity contribution in [3.05, 3.63) is 16.8 Å². The molecule has 0 saturated carbocycles. The minimum Gasteiger partial charge on any atom is -0.361 e. The van der Waals surface area contributed by atoms with Crippen molar-refractivity contribution >= 4 is 5.82 Å². The lowest BCUT2D eigenvalue weighted by Gasteiger charge is -2.32. The molecule has 110 valence electrons. The minimum atomic E-state index is -0.223. The SMILES string of the molecule is CCc1nnc(NC(CC)(CC)CN)c(C#N)c1CC. The van der Waals surface area contributed by atoms with Crippen molar-refractivity contribution in [1.82, 2.24) is 10.2 Å². The number of aryl methyl sites for hydroxylation is 1. The second kappa shape index (κ2) is 7.20. The van der Waals surface area contributed by atoms with Crippen LogP contribution in [-0.2, 0) is 12.8 Å². The van der Waals surface area contributed by atoms with Gasteiger partial charge in [0.25, 0.3) is 0 Å².